The minimum Gasteiger partial charge on any atom is -0.467 e. The number of esters is 1. The quantitative estimate of drug-likeness (QED) is 0.193. The zero-order valence-electron chi connectivity index (χ0n) is 22.5. The number of fused-ring (bicyclic) bond motifs is 1. The molecule has 2 heterocycles. The molecule has 2 amide bonds. The van der Waals surface area contributed by atoms with E-state index in [1.54, 1.807) is 23.1 Å². The Hall–Kier alpha value is -3.71. The summed E-state index contributed by atoms with van der Waals surface area (Å²) in [6.07, 6.45) is 2.19. The summed E-state index contributed by atoms with van der Waals surface area (Å²) in [5.41, 5.74) is 5.62. The van der Waals surface area contributed by atoms with Crippen molar-refractivity contribution in [3.63, 3.8) is 0 Å². The number of piperidine rings is 1. The molecule has 0 aliphatic carbocycles. The molecule has 2 saturated heterocycles. The van der Waals surface area contributed by atoms with Gasteiger partial charge in [-0.2, -0.15) is 4.72 Å². The molecule has 2 aliphatic rings. The van der Waals surface area contributed by atoms with Crippen LogP contribution in [0.1, 0.15) is 32.1 Å². The summed E-state index contributed by atoms with van der Waals surface area (Å²) < 4.78 is 34.1. The largest absolute Gasteiger partial charge is 0.467 e. The van der Waals surface area contributed by atoms with Crippen molar-refractivity contribution in [2.45, 2.75) is 49.1 Å². The number of rotatable bonds is 9. The molecule has 3 atom stereocenters. The van der Waals surface area contributed by atoms with Crippen LogP contribution >= 0.6 is 0 Å². The number of amides is 2. The van der Waals surface area contributed by atoms with Crippen LogP contribution in [0.4, 0.5) is 0 Å². The molecule has 2 aromatic carbocycles. The van der Waals surface area contributed by atoms with E-state index in [4.69, 9.17) is 15.9 Å². The van der Waals surface area contributed by atoms with Crippen molar-refractivity contribution in [1.82, 2.24) is 19.8 Å². The summed E-state index contributed by atoms with van der Waals surface area (Å²) in [7, 11) is -2.94. The van der Waals surface area contributed by atoms with Gasteiger partial charge >= 0.3 is 5.97 Å². The number of ether oxygens (including phenoxy) is 1. The van der Waals surface area contributed by atoms with Crippen LogP contribution in [0.25, 0.3) is 10.8 Å². The summed E-state index contributed by atoms with van der Waals surface area (Å²) in [6, 6.07) is 9.77. The van der Waals surface area contributed by atoms with E-state index in [0.29, 0.717) is 37.9 Å². The maximum Gasteiger partial charge on any atom is 0.328 e. The number of hydrogen-bond donors (Lipinski definition) is 4. The number of hydrogen-bond acceptors (Lipinski definition) is 7. The van der Waals surface area contributed by atoms with Gasteiger partial charge in [-0.05, 0) is 54.5 Å². The van der Waals surface area contributed by atoms with E-state index in [0.717, 1.165) is 18.2 Å². The number of carbonyl (C=O) groups is 3. The molecule has 2 aromatic rings. The zero-order chi connectivity index (χ0) is 28.9. The maximum absolute atomic E-state index is 13.4. The van der Waals surface area contributed by atoms with Crippen LogP contribution in [0.2, 0.25) is 0 Å². The molecular weight excluding hydrogens is 536 g/mol. The average molecular weight is 573 g/mol. The van der Waals surface area contributed by atoms with Crippen molar-refractivity contribution < 1.29 is 27.5 Å². The number of likely N-dealkylation sites (tertiary alicyclic amines) is 2. The number of nitrogens with two attached hydrogens (primary N) is 1. The first kappa shape index (κ1) is 29.3. The number of benzene rings is 2. The molecule has 5 N–H and O–H groups in total. The molecule has 216 valence electrons. The van der Waals surface area contributed by atoms with Crippen LogP contribution in [-0.4, -0.2) is 87.3 Å². The van der Waals surface area contributed by atoms with Gasteiger partial charge in [-0.15, -0.1) is 0 Å². The molecule has 4 rings (SSSR count). The minimum atomic E-state index is -4.19. The first-order valence-corrected chi connectivity index (χ1v) is 14.8. The lowest BCUT2D eigenvalue weighted by molar-refractivity contribution is -0.151. The van der Waals surface area contributed by atoms with Crippen LogP contribution in [0.3, 0.4) is 0 Å². The third-order valence-electron chi connectivity index (χ3n) is 7.49. The summed E-state index contributed by atoms with van der Waals surface area (Å²) in [6.45, 7) is 1.71. The summed E-state index contributed by atoms with van der Waals surface area (Å²) in [5.74, 6) is -1.73. The average Bonchev–Trinajstić information content (AvgIpc) is 3.45. The van der Waals surface area contributed by atoms with Gasteiger partial charge in [0.1, 0.15) is 12.1 Å². The van der Waals surface area contributed by atoms with Crippen molar-refractivity contribution in [3.05, 3.63) is 42.5 Å². The van der Waals surface area contributed by atoms with Gasteiger partial charge in [0.05, 0.1) is 18.4 Å². The molecule has 12 nitrogen and oxygen atoms in total. The normalized spacial score (nSPS) is 20.2. The monoisotopic (exact) mass is 572 g/mol. The molecule has 0 aromatic heterocycles. The Morgan fingerprint density at radius 2 is 1.82 bits per heavy atom. The van der Waals surface area contributed by atoms with Crippen LogP contribution in [0.15, 0.2) is 47.4 Å². The highest BCUT2D eigenvalue weighted by Crippen LogP contribution is 2.22. The number of methoxy groups -OCH3 is 1. The van der Waals surface area contributed by atoms with E-state index in [1.807, 2.05) is 12.1 Å². The van der Waals surface area contributed by atoms with Crippen molar-refractivity contribution in [3.8, 4) is 0 Å². The smallest absolute Gasteiger partial charge is 0.328 e. The lowest BCUT2D eigenvalue weighted by atomic mass is 9.98. The molecule has 0 saturated carbocycles. The van der Waals surface area contributed by atoms with Gasteiger partial charge in [0, 0.05) is 26.2 Å². The fourth-order valence-electron chi connectivity index (χ4n) is 5.33. The van der Waals surface area contributed by atoms with Gasteiger partial charge in [-0.1, -0.05) is 30.3 Å². The molecule has 40 heavy (non-hydrogen) atoms. The third kappa shape index (κ3) is 6.89. The van der Waals surface area contributed by atoms with Crippen LogP contribution in [0.5, 0.6) is 0 Å². The van der Waals surface area contributed by atoms with Crippen LogP contribution < -0.4 is 15.8 Å². The molecule has 0 spiro atoms. The Morgan fingerprint density at radius 1 is 1.10 bits per heavy atom. The van der Waals surface area contributed by atoms with Crippen LogP contribution in [0, 0.1) is 11.3 Å². The van der Waals surface area contributed by atoms with Crippen molar-refractivity contribution in [1.29, 1.82) is 5.41 Å². The van der Waals surface area contributed by atoms with E-state index in [-0.39, 0.29) is 23.3 Å². The lowest BCUT2D eigenvalue weighted by Crippen LogP contribution is -2.52. The van der Waals surface area contributed by atoms with E-state index in [1.165, 1.54) is 24.1 Å². The van der Waals surface area contributed by atoms with Gasteiger partial charge in [-0.25, -0.2) is 13.2 Å². The highest BCUT2D eigenvalue weighted by Gasteiger charge is 2.37. The Kier molecular flexibility index (Phi) is 9.25. The van der Waals surface area contributed by atoms with Gasteiger partial charge in [0.15, 0.2) is 5.96 Å². The Labute approximate surface area is 233 Å². The van der Waals surface area contributed by atoms with Crippen molar-refractivity contribution >= 4 is 44.5 Å². The molecule has 2 fully saturated rings. The molecule has 1 unspecified atom stereocenters. The number of sulfonamides is 1. The first-order chi connectivity index (χ1) is 19.1. The molecule has 0 radical (unpaired) electrons. The minimum absolute atomic E-state index is 0.0114. The Bertz CT molecular complexity index is 1380. The highest BCUT2D eigenvalue weighted by atomic mass is 32.2. The third-order valence-corrected chi connectivity index (χ3v) is 8.96. The predicted molar refractivity (Wildman–Crippen MR) is 149 cm³/mol. The summed E-state index contributed by atoms with van der Waals surface area (Å²) in [5, 5.41) is 12.0. The standard InChI is InChI=1S/C27H36N6O6S/c1-39-26(36)23-9-5-13-33(23)24(34)15-22(25(35)30-16-18-6-4-12-32(17-18)27(28)29)31-40(37,38)21-11-10-19-7-2-3-8-20(19)14-21/h2-3,7-8,10-11,14,18,22-23,31H,4-6,9,12-13,15-17H2,1H3,(H3,28,29)(H,30,35)/t18?,22-,23+/m1/s1. The summed E-state index contributed by atoms with van der Waals surface area (Å²) in [4.78, 5) is 41.9. The molecular formula is C27H36N6O6S. The second kappa shape index (κ2) is 12.6. The molecule has 13 heteroatoms. The highest BCUT2D eigenvalue weighted by molar-refractivity contribution is 7.89. The van der Waals surface area contributed by atoms with Gasteiger partial charge in [-0.3, -0.25) is 15.0 Å². The van der Waals surface area contributed by atoms with Gasteiger partial charge < -0.3 is 25.6 Å². The number of carbonyl (C=O) groups excluding carboxylic acids is 3. The maximum atomic E-state index is 13.4. The second-order valence-electron chi connectivity index (χ2n) is 10.2. The molecule has 0 bridgehead atoms. The fourth-order valence-corrected chi connectivity index (χ4v) is 6.56. The van der Waals surface area contributed by atoms with Crippen molar-refractivity contribution in [2.24, 2.45) is 11.7 Å². The van der Waals surface area contributed by atoms with E-state index >= 15 is 0 Å². The second-order valence-corrected chi connectivity index (χ2v) is 12.0. The van der Waals surface area contributed by atoms with E-state index in [2.05, 4.69) is 10.0 Å². The number of nitrogens with zero attached hydrogens (tertiary/aromatic N) is 2. The van der Waals surface area contributed by atoms with Gasteiger partial charge in [0.25, 0.3) is 0 Å². The van der Waals surface area contributed by atoms with Crippen molar-refractivity contribution in [2.75, 3.05) is 33.3 Å². The van der Waals surface area contributed by atoms with E-state index in [9.17, 15) is 22.8 Å². The topological polar surface area (TPSA) is 175 Å². The lowest BCUT2D eigenvalue weighted by Gasteiger charge is -2.33. The summed E-state index contributed by atoms with van der Waals surface area (Å²) >= 11 is 0. The fraction of sp³-hybridized carbons (Fsp3) is 0.481. The Morgan fingerprint density at radius 3 is 2.55 bits per heavy atom. The van der Waals surface area contributed by atoms with E-state index < -0.39 is 46.3 Å². The predicted octanol–water partition coefficient (Wildman–Crippen LogP) is 0.762. The molecule has 2 aliphatic heterocycles. The Balaban J connectivity index is 1.52. The first-order valence-electron chi connectivity index (χ1n) is 13.3. The van der Waals surface area contributed by atoms with Gasteiger partial charge in [0.2, 0.25) is 21.8 Å². The SMILES string of the molecule is COC(=O)[C@@H]1CCCN1C(=O)C[C@@H](NS(=O)(=O)c1ccc2ccccc2c1)C(=O)NCC1CCCN(C(=N)N)C1. The number of nitrogens with one attached hydrogen (secondary N) is 3. The van der Waals surface area contributed by atoms with Crippen LogP contribution in [-0.2, 0) is 29.1 Å². The zero-order valence-corrected chi connectivity index (χ0v) is 23.3. The number of guanidine groups is 1.